The Balaban J connectivity index is 2.75. The van der Waals surface area contributed by atoms with Crippen LogP contribution in [-0.2, 0) is 11.2 Å². The van der Waals surface area contributed by atoms with Gasteiger partial charge in [0.1, 0.15) is 5.82 Å². The summed E-state index contributed by atoms with van der Waals surface area (Å²) < 4.78 is 18.7. The third-order valence-electron chi connectivity index (χ3n) is 3.21. The molecule has 1 aromatic rings. The van der Waals surface area contributed by atoms with Gasteiger partial charge in [-0.2, -0.15) is 0 Å². The molecule has 0 spiro atoms. The number of hydrogen-bond acceptors (Lipinski definition) is 2. The first-order valence-corrected chi connectivity index (χ1v) is 6.68. The molecule has 0 fully saturated rings. The maximum atomic E-state index is 13.1. The van der Waals surface area contributed by atoms with Crippen molar-refractivity contribution in [3.8, 4) is 0 Å². The van der Waals surface area contributed by atoms with Crippen LogP contribution in [0.3, 0.4) is 0 Å². The average Bonchev–Trinajstić information content (AvgIpc) is 2.32. The third kappa shape index (κ3) is 4.39. The molecule has 3 heteroatoms. The van der Waals surface area contributed by atoms with Gasteiger partial charge in [-0.25, -0.2) is 4.39 Å². The Morgan fingerprint density at radius 3 is 2.61 bits per heavy atom. The second-order valence-corrected chi connectivity index (χ2v) is 4.60. The van der Waals surface area contributed by atoms with Crippen LogP contribution in [0.4, 0.5) is 4.39 Å². The first kappa shape index (κ1) is 15.1. The minimum absolute atomic E-state index is 0.152. The summed E-state index contributed by atoms with van der Waals surface area (Å²) in [6.45, 7) is 9.74. The van der Waals surface area contributed by atoms with E-state index in [0.29, 0.717) is 6.61 Å². The van der Waals surface area contributed by atoms with Crippen molar-refractivity contribution in [1.29, 1.82) is 0 Å². The van der Waals surface area contributed by atoms with Crippen molar-refractivity contribution < 1.29 is 9.13 Å². The molecule has 18 heavy (non-hydrogen) atoms. The fraction of sp³-hybridized carbons (Fsp3) is 0.600. The molecule has 0 aromatic heterocycles. The topological polar surface area (TPSA) is 21.3 Å². The standard InChI is InChI=1S/C15H24FNO/c1-5-17-15(12(4)18-6-2)10-13-7-8-14(16)9-11(13)3/h7-9,12,15,17H,5-6,10H2,1-4H3. The van der Waals surface area contributed by atoms with Crippen molar-refractivity contribution in [1.82, 2.24) is 5.32 Å². The zero-order valence-corrected chi connectivity index (χ0v) is 11.8. The number of nitrogens with one attached hydrogen (secondary N) is 1. The molecule has 0 saturated heterocycles. The maximum absolute atomic E-state index is 13.1. The van der Waals surface area contributed by atoms with Crippen molar-refractivity contribution in [3.63, 3.8) is 0 Å². The minimum atomic E-state index is -0.172. The van der Waals surface area contributed by atoms with E-state index in [1.807, 2.05) is 19.9 Å². The molecule has 102 valence electrons. The highest BCUT2D eigenvalue weighted by Gasteiger charge is 2.17. The summed E-state index contributed by atoms with van der Waals surface area (Å²) in [6, 6.07) is 5.24. The van der Waals surface area contributed by atoms with E-state index in [2.05, 4.69) is 19.2 Å². The number of ether oxygens (including phenoxy) is 1. The van der Waals surface area contributed by atoms with E-state index in [0.717, 1.165) is 18.5 Å². The molecule has 0 radical (unpaired) electrons. The lowest BCUT2D eigenvalue weighted by molar-refractivity contribution is 0.0480. The van der Waals surface area contributed by atoms with E-state index in [1.165, 1.54) is 11.6 Å². The van der Waals surface area contributed by atoms with Gasteiger partial charge >= 0.3 is 0 Å². The average molecular weight is 253 g/mol. The zero-order chi connectivity index (χ0) is 13.5. The molecule has 0 heterocycles. The molecule has 0 saturated carbocycles. The quantitative estimate of drug-likeness (QED) is 0.806. The molecule has 2 unspecified atom stereocenters. The fourth-order valence-electron chi connectivity index (χ4n) is 2.17. The molecule has 0 aliphatic carbocycles. The predicted octanol–water partition coefficient (Wildman–Crippen LogP) is 3.08. The van der Waals surface area contributed by atoms with Crippen molar-refractivity contribution in [2.24, 2.45) is 0 Å². The van der Waals surface area contributed by atoms with Crippen LogP contribution in [0, 0.1) is 12.7 Å². The van der Waals surface area contributed by atoms with E-state index >= 15 is 0 Å². The van der Waals surface area contributed by atoms with Crippen LogP contribution >= 0.6 is 0 Å². The van der Waals surface area contributed by atoms with Gasteiger partial charge in [0.25, 0.3) is 0 Å². The number of benzene rings is 1. The van der Waals surface area contributed by atoms with Crippen LogP contribution in [0.2, 0.25) is 0 Å². The maximum Gasteiger partial charge on any atom is 0.123 e. The van der Waals surface area contributed by atoms with E-state index in [9.17, 15) is 4.39 Å². The number of aryl methyl sites for hydroxylation is 1. The van der Waals surface area contributed by atoms with Crippen LogP contribution < -0.4 is 5.32 Å². The van der Waals surface area contributed by atoms with Crippen LogP contribution in [0.5, 0.6) is 0 Å². The first-order valence-electron chi connectivity index (χ1n) is 6.68. The Morgan fingerprint density at radius 1 is 1.33 bits per heavy atom. The molecule has 1 aromatic carbocycles. The van der Waals surface area contributed by atoms with Gasteiger partial charge in [-0.3, -0.25) is 0 Å². The van der Waals surface area contributed by atoms with Gasteiger partial charge in [0, 0.05) is 12.6 Å². The Kier molecular flexibility index (Phi) is 6.30. The van der Waals surface area contributed by atoms with Gasteiger partial charge in [0.2, 0.25) is 0 Å². The Bertz CT molecular complexity index is 368. The molecule has 1 N–H and O–H groups in total. The lowest BCUT2D eigenvalue weighted by Crippen LogP contribution is -2.41. The third-order valence-corrected chi connectivity index (χ3v) is 3.21. The van der Waals surface area contributed by atoms with Crippen LogP contribution in [0.25, 0.3) is 0 Å². The second-order valence-electron chi connectivity index (χ2n) is 4.60. The summed E-state index contributed by atoms with van der Waals surface area (Å²) in [5.41, 5.74) is 2.18. The van der Waals surface area contributed by atoms with Crippen LogP contribution in [0.1, 0.15) is 31.9 Å². The Hall–Kier alpha value is -0.930. The Labute approximate surface area is 110 Å². The summed E-state index contributed by atoms with van der Waals surface area (Å²) in [5, 5.41) is 3.44. The predicted molar refractivity (Wildman–Crippen MR) is 73.4 cm³/mol. The van der Waals surface area contributed by atoms with E-state index in [1.54, 1.807) is 6.07 Å². The number of hydrogen-bond donors (Lipinski definition) is 1. The van der Waals surface area contributed by atoms with Crippen molar-refractivity contribution in [3.05, 3.63) is 35.1 Å². The van der Waals surface area contributed by atoms with Crippen LogP contribution in [-0.4, -0.2) is 25.3 Å². The number of halogens is 1. The number of rotatable bonds is 7. The highest BCUT2D eigenvalue weighted by Crippen LogP contribution is 2.14. The van der Waals surface area contributed by atoms with Gasteiger partial charge in [-0.15, -0.1) is 0 Å². The minimum Gasteiger partial charge on any atom is -0.377 e. The SMILES string of the molecule is CCNC(Cc1ccc(F)cc1C)C(C)OCC. The normalized spacial score (nSPS) is 14.5. The molecular formula is C15H24FNO. The summed E-state index contributed by atoms with van der Waals surface area (Å²) >= 11 is 0. The van der Waals surface area contributed by atoms with Crippen molar-refractivity contribution >= 4 is 0 Å². The lowest BCUT2D eigenvalue weighted by atomic mass is 9.98. The second kappa shape index (κ2) is 7.49. The molecule has 0 aliphatic heterocycles. The van der Waals surface area contributed by atoms with Crippen LogP contribution in [0.15, 0.2) is 18.2 Å². The zero-order valence-electron chi connectivity index (χ0n) is 11.8. The molecule has 2 nitrogen and oxygen atoms in total. The molecule has 1 rings (SSSR count). The van der Waals surface area contributed by atoms with E-state index < -0.39 is 0 Å². The first-order chi connectivity index (χ1) is 8.58. The van der Waals surface area contributed by atoms with Crippen molar-refractivity contribution in [2.75, 3.05) is 13.2 Å². The molecule has 0 bridgehead atoms. The molecular weight excluding hydrogens is 229 g/mol. The van der Waals surface area contributed by atoms with Crippen molar-refractivity contribution in [2.45, 2.75) is 46.3 Å². The largest absolute Gasteiger partial charge is 0.377 e. The highest BCUT2D eigenvalue weighted by atomic mass is 19.1. The summed E-state index contributed by atoms with van der Waals surface area (Å²) in [6.07, 6.45) is 1.01. The van der Waals surface area contributed by atoms with E-state index in [-0.39, 0.29) is 18.0 Å². The number of likely N-dealkylation sites (N-methyl/N-ethyl adjacent to an activating group) is 1. The highest BCUT2D eigenvalue weighted by molar-refractivity contribution is 5.27. The van der Waals surface area contributed by atoms with Gasteiger partial charge in [-0.05, 0) is 57.0 Å². The van der Waals surface area contributed by atoms with Gasteiger partial charge < -0.3 is 10.1 Å². The van der Waals surface area contributed by atoms with E-state index in [4.69, 9.17) is 4.74 Å². The summed E-state index contributed by atoms with van der Waals surface area (Å²) in [7, 11) is 0. The van der Waals surface area contributed by atoms with Gasteiger partial charge in [0.05, 0.1) is 6.10 Å². The monoisotopic (exact) mass is 253 g/mol. The fourth-order valence-corrected chi connectivity index (χ4v) is 2.17. The van der Waals surface area contributed by atoms with Gasteiger partial charge in [0.15, 0.2) is 0 Å². The lowest BCUT2D eigenvalue weighted by Gasteiger charge is -2.25. The molecule has 2 atom stereocenters. The van der Waals surface area contributed by atoms with Gasteiger partial charge in [-0.1, -0.05) is 13.0 Å². The molecule has 0 amide bonds. The summed E-state index contributed by atoms with van der Waals surface area (Å²) in [4.78, 5) is 0. The smallest absolute Gasteiger partial charge is 0.123 e. The summed E-state index contributed by atoms with van der Waals surface area (Å²) in [5.74, 6) is -0.172. The Morgan fingerprint density at radius 2 is 2.06 bits per heavy atom. The molecule has 0 aliphatic rings.